The Balaban J connectivity index is 0.00000363. The maximum Gasteiger partial charge on any atom is 0.191 e. The Bertz CT molecular complexity index is 651. The van der Waals surface area contributed by atoms with Gasteiger partial charge in [-0.2, -0.15) is 0 Å². The number of aliphatic imine (C=N–C) groups is 1. The van der Waals surface area contributed by atoms with Gasteiger partial charge in [-0.3, -0.25) is 9.89 Å². The largest absolute Gasteiger partial charge is 0.379 e. The van der Waals surface area contributed by atoms with Gasteiger partial charge >= 0.3 is 0 Å². The number of hydrogen-bond donors (Lipinski definition) is 2. The molecule has 182 valence electrons. The van der Waals surface area contributed by atoms with Gasteiger partial charge < -0.3 is 20.1 Å². The summed E-state index contributed by atoms with van der Waals surface area (Å²) in [5, 5.41) is 7.21. The molecule has 1 aromatic rings. The average Bonchev–Trinajstić information content (AvgIpc) is 2.84. The molecule has 2 aliphatic rings. The molecule has 2 saturated heterocycles. The first-order valence-corrected chi connectivity index (χ1v) is 12.2. The molecule has 6 nitrogen and oxygen atoms in total. The first kappa shape index (κ1) is 27.3. The molecule has 2 N–H and O–H groups in total. The molecule has 32 heavy (non-hydrogen) atoms. The van der Waals surface area contributed by atoms with Gasteiger partial charge in [-0.15, -0.1) is 24.0 Å². The Morgan fingerprint density at radius 3 is 2.47 bits per heavy atom. The maximum atomic E-state index is 6.16. The minimum absolute atomic E-state index is 0. The van der Waals surface area contributed by atoms with Gasteiger partial charge in [0.05, 0.1) is 19.3 Å². The number of hydrogen-bond acceptors (Lipinski definition) is 4. The Morgan fingerprint density at radius 1 is 1.09 bits per heavy atom. The highest BCUT2D eigenvalue weighted by Gasteiger charge is 2.29. The van der Waals surface area contributed by atoms with Crippen LogP contribution >= 0.6 is 24.0 Å². The number of morpholine rings is 1. The molecule has 3 unspecified atom stereocenters. The zero-order chi connectivity index (χ0) is 21.9. The van der Waals surface area contributed by atoms with Crippen LogP contribution in [0.25, 0.3) is 0 Å². The molecule has 3 rings (SSSR count). The van der Waals surface area contributed by atoms with Gasteiger partial charge in [0.2, 0.25) is 0 Å². The van der Waals surface area contributed by atoms with E-state index in [-0.39, 0.29) is 30.1 Å². The van der Waals surface area contributed by atoms with E-state index in [9.17, 15) is 0 Å². The van der Waals surface area contributed by atoms with Crippen molar-refractivity contribution in [2.24, 2.45) is 16.8 Å². The molecule has 2 heterocycles. The first-order chi connectivity index (χ1) is 15.3. The highest BCUT2D eigenvalue weighted by Crippen LogP contribution is 2.33. The average molecular weight is 559 g/mol. The highest BCUT2D eigenvalue weighted by molar-refractivity contribution is 14.0. The lowest BCUT2D eigenvalue weighted by Gasteiger charge is -2.39. The van der Waals surface area contributed by atoms with Crippen molar-refractivity contribution in [1.82, 2.24) is 15.5 Å². The van der Waals surface area contributed by atoms with E-state index in [1.807, 2.05) is 7.05 Å². The molecule has 3 atom stereocenters. The van der Waals surface area contributed by atoms with Crippen LogP contribution in [0.4, 0.5) is 0 Å². The molecule has 1 aromatic carbocycles. The lowest BCUT2D eigenvalue weighted by atomic mass is 9.89. The van der Waals surface area contributed by atoms with Crippen molar-refractivity contribution in [2.75, 3.05) is 53.0 Å². The minimum Gasteiger partial charge on any atom is -0.379 e. The van der Waals surface area contributed by atoms with Crippen molar-refractivity contribution in [1.29, 1.82) is 0 Å². The van der Waals surface area contributed by atoms with Gasteiger partial charge in [-0.05, 0) is 24.3 Å². The smallest absolute Gasteiger partial charge is 0.191 e. The number of guanidine groups is 1. The lowest BCUT2D eigenvalue weighted by Crippen LogP contribution is -2.53. The van der Waals surface area contributed by atoms with Gasteiger partial charge in [0.15, 0.2) is 5.96 Å². The van der Waals surface area contributed by atoms with E-state index in [4.69, 9.17) is 9.47 Å². The molecule has 0 amide bonds. The van der Waals surface area contributed by atoms with E-state index < -0.39 is 0 Å². The molecule has 0 radical (unpaired) electrons. The second kappa shape index (κ2) is 15.1. The molecule has 0 bridgehead atoms. The highest BCUT2D eigenvalue weighted by atomic mass is 127. The number of halogens is 1. The maximum absolute atomic E-state index is 6.16. The van der Waals surface area contributed by atoms with Gasteiger partial charge in [0.25, 0.3) is 0 Å². The second-order valence-corrected chi connectivity index (χ2v) is 8.73. The fraction of sp³-hybridized carbons (Fsp3) is 0.720. The fourth-order valence-electron chi connectivity index (χ4n) is 5.05. The number of nitrogens with one attached hydrogen (secondary N) is 2. The van der Waals surface area contributed by atoms with E-state index in [1.54, 1.807) is 0 Å². The summed E-state index contributed by atoms with van der Waals surface area (Å²) >= 11 is 0. The van der Waals surface area contributed by atoms with Crippen molar-refractivity contribution in [3.05, 3.63) is 35.9 Å². The van der Waals surface area contributed by atoms with Crippen LogP contribution in [-0.2, 0) is 9.47 Å². The van der Waals surface area contributed by atoms with Crippen LogP contribution in [0.15, 0.2) is 35.3 Å². The molecule has 0 spiro atoms. The summed E-state index contributed by atoms with van der Waals surface area (Å²) in [6.07, 6.45) is 4.85. The third-order valence-electron chi connectivity index (χ3n) is 6.91. The summed E-state index contributed by atoms with van der Waals surface area (Å²) in [4.78, 5) is 7.11. The predicted molar refractivity (Wildman–Crippen MR) is 143 cm³/mol. The number of benzene rings is 1. The van der Waals surface area contributed by atoms with Crippen molar-refractivity contribution < 1.29 is 9.47 Å². The third kappa shape index (κ3) is 7.85. The zero-order valence-electron chi connectivity index (χ0n) is 20.1. The Labute approximate surface area is 211 Å². The fourth-order valence-corrected chi connectivity index (χ4v) is 5.05. The SMILES string of the molecule is CCC(CC)C(CNC(=NC)NCC1CCCOC1c1ccccc1)N1CCOCC1.I. The van der Waals surface area contributed by atoms with E-state index >= 15 is 0 Å². The van der Waals surface area contributed by atoms with E-state index in [1.165, 1.54) is 24.8 Å². The number of rotatable bonds is 9. The third-order valence-corrected chi connectivity index (χ3v) is 6.91. The Kier molecular flexibility index (Phi) is 12.9. The number of ether oxygens (including phenoxy) is 2. The van der Waals surface area contributed by atoms with Crippen molar-refractivity contribution >= 4 is 29.9 Å². The summed E-state index contributed by atoms with van der Waals surface area (Å²) in [6.45, 7) is 11.0. The minimum atomic E-state index is 0. The standard InChI is InChI=1S/C25H42N4O2.HI/c1-4-20(5-2)23(29-13-16-30-17-14-29)19-28-25(26-3)27-18-22-12-9-15-31-24(22)21-10-7-6-8-11-21;/h6-8,10-11,20,22-24H,4-5,9,12-19H2,1-3H3,(H2,26,27,28);1H. The molecule has 0 saturated carbocycles. The lowest BCUT2D eigenvalue weighted by molar-refractivity contribution is -0.0265. The topological polar surface area (TPSA) is 58.1 Å². The van der Waals surface area contributed by atoms with E-state index in [2.05, 4.69) is 64.7 Å². The summed E-state index contributed by atoms with van der Waals surface area (Å²) in [5.41, 5.74) is 1.28. The Hall–Kier alpha value is -0.900. The van der Waals surface area contributed by atoms with Crippen LogP contribution < -0.4 is 10.6 Å². The molecule has 0 aliphatic carbocycles. The van der Waals surface area contributed by atoms with Crippen LogP contribution in [0.5, 0.6) is 0 Å². The quantitative estimate of drug-likeness (QED) is 0.272. The Morgan fingerprint density at radius 2 is 1.81 bits per heavy atom. The molecular weight excluding hydrogens is 515 g/mol. The van der Waals surface area contributed by atoms with Gasteiger partial charge in [-0.1, -0.05) is 57.0 Å². The van der Waals surface area contributed by atoms with Gasteiger partial charge in [-0.25, -0.2) is 0 Å². The molecule has 0 aromatic heterocycles. The summed E-state index contributed by atoms with van der Waals surface area (Å²) in [7, 11) is 1.86. The summed E-state index contributed by atoms with van der Waals surface area (Å²) in [6, 6.07) is 11.1. The van der Waals surface area contributed by atoms with Crippen LogP contribution in [0.1, 0.15) is 51.2 Å². The molecule has 2 aliphatic heterocycles. The van der Waals surface area contributed by atoms with Crippen LogP contribution in [0.3, 0.4) is 0 Å². The van der Waals surface area contributed by atoms with Crippen molar-refractivity contribution in [3.8, 4) is 0 Å². The van der Waals surface area contributed by atoms with Crippen LogP contribution in [0, 0.1) is 11.8 Å². The summed E-state index contributed by atoms with van der Waals surface area (Å²) in [5.74, 6) is 2.02. The molecular formula is C25H43IN4O2. The zero-order valence-corrected chi connectivity index (χ0v) is 22.4. The van der Waals surface area contributed by atoms with E-state index in [0.717, 1.165) is 58.4 Å². The second-order valence-electron chi connectivity index (χ2n) is 8.73. The van der Waals surface area contributed by atoms with Gasteiger partial charge in [0.1, 0.15) is 0 Å². The monoisotopic (exact) mass is 558 g/mol. The normalized spacial score (nSPS) is 23.4. The van der Waals surface area contributed by atoms with Crippen LogP contribution in [-0.4, -0.2) is 69.9 Å². The molecule has 2 fully saturated rings. The summed E-state index contributed by atoms with van der Waals surface area (Å²) < 4.78 is 11.7. The first-order valence-electron chi connectivity index (χ1n) is 12.2. The van der Waals surface area contributed by atoms with Crippen molar-refractivity contribution in [2.45, 2.75) is 51.7 Å². The predicted octanol–water partition coefficient (Wildman–Crippen LogP) is 4.07. The number of nitrogens with zero attached hydrogens (tertiary/aromatic N) is 2. The van der Waals surface area contributed by atoms with Crippen molar-refractivity contribution in [3.63, 3.8) is 0 Å². The van der Waals surface area contributed by atoms with Crippen LogP contribution in [0.2, 0.25) is 0 Å². The van der Waals surface area contributed by atoms with Gasteiger partial charge in [0, 0.05) is 51.8 Å². The molecule has 7 heteroatoms. The van der Waals surface area contributed by atoms with E-state index in [0.29, 0.717) is 17.9 Å².